The highest BCUT2D eigenvalue weighted by atomic mass is 32.1. The normalized spacial score (nSPS) is 11.7. The van der Waals surface area contributed by atoms with Gasteiger partial charge in [-0.25, -0.2) is 0 Å². The summed E-state index contributed by atoms with van der Waals surface area (Å²) >= 11 is 1.89. The van der Waals surface area contributed by atoms with Crippen LogP contribution in [0.4, 0.5) is 11.4 Å². The molecule has 8 aromatic carbocycles. The van der Waals surface area contributed by atoms with E-state index in [4.69, 9.17) is 0 Å². The highest BCUT2D eigenvalue weighted by Crippen LogP contribution is 2.44. The average molecular weight is 592 g/mol. The second kappa shape index (κ2) is 10.3. The van der Waals surface area contributed by atoms with E-state index in [1.54, 1.807) is 0 Å². The zero-order valence-corrected chi connectivity index (χ0v) is 25.7. The quantitative estimate of drug-likeness (QED) is 0.215. The molecule has 0 bridgehead atoms. The minimum absolute atomic E-state index is 1.09. The lowest BCUT2D eigenvalue weighted by Crippen LogP contribution is -1.91. The summed E-state index contributed by atoms with van der Waals surface area (Å²) in [5.74, 6) is 0. The van der Waals surface area contributed by atoms with E-state index < -0.39 is 0 Å². The van der Waals surface area contributed by atoms with E-state index in [2.05, 4.69) is 164 Å². The number of rotatable bonds is 4. The Hall–Kier alpha value is -5.44. The van der Waals surface area contributed by atoms with Gasteiger partial charge in [-0.05, 0) is 103 Å². The van der Waals surface area contributed by atoms with Crippen molar-refractivity contribution >= 4 is 75.2 Å². The van der Waals surface area contributed by atoms with Crippen LogP contribution in [-0.4, -0.2) is 0 Å². The van der Waals surface area contributed by atoms with Gasteiger partial charge in [0.15, 0.2) is 0 Å². The predicted octanol–water partition coefficient (Wildman–Crippen LogP) is 12.9. The number of thiophene rings is 1. The molecule has 1 aromatic heterocycles. The lowest BCUT2D eigenvalue weighted by molar-refractivity contribution is 1.56. The number of hydrogen-bond donors (Lipinski definition) is 1. The summed E-state index contributed by atoms with van der Waals surface area (Å²) in [6.45, 7) is 2.21. The molecule has 0 spiro atoms. The lowest BCUT2D eigenvalue weighted by atomic mass is 9.96. The van der Waals surface area contributed by atoms with Crippen molar-refractivity contribution in [2.75, 3.05) is 5.32 Å². The van der Waals surface area contributed by atoms with Gasteiger partial charge >= 0.3 is 0 Å². The summed E-state index contributed by atoms with van der Waals surface area (Å²) < 4.78 is 2.67. The molecule has 1 heterocycles. The standard InChI is InChI=1S/C43H29NS/c1-27-7-6-12-39-41-38-11-5-4-10-36(38)26-40(43(41)45-42(27)39)44-37-21-19-29(20-22-37)31-15-16-34-25-35(18-17-33(34)24-31)32-14-13-28-8-2-3-9-30(28)23-32/h2-26,44H,1H3. The molecule has 1 N–H and O–H groups in total. The van der Waals surface area contributed by atoms with Crippen molar-refractivity contribution in [3.05, 3.63) is 157 Å². The SMILES string of the molecule is Cc1cccc2c1sc1c(Nc3ccc(-c4ccc5cc(-c6ccc7ccccc7c6)ccc5c4)cc3)cc3ccccc3c12. The summed E-state index contributed by atoms with van der Waals surface area (Å²) in [4.78, 5) is 0. The average Bonchev–Trinajstić information content (AvgIpc) is 3.50. The first-order chi connectivity index (χ1) is 22.2. The maximum atomic E-state index is 3.77. The van der Waals surface area contributed by atoms with E-state index >= 15 is 0 Å². The number of benzene rings is 8. The van der Waals surface area contributed by atoms with Gasteiger partial charge in [0.2, 0.25) is 0 Å². The van der Waals surface area contributed by atoms with Crippen LogP contribution in [0.2, 0.25) is 0 Å². The third kappa shape index (κ3) is 4.46. The van der Waals surface area contributed by atoms with Crippen molar-refractivity contribution in [3.63, 3.8) is 0 Å². The summed E-state index contributed by atoms with van der Waals surface area (Å²) in [5.41, 5.74) is 8.50. The molecule has 0 amide bonds. The van der Waals surface area contributed by atoms with E-state index in [0.717, 1.165) is 11.4 Å². The smallest absolute Gasteiger partial charge is 0.0597 e. The maximum Gasteiger partial charge on any atom is 0.0597 e. The van der Waals surface area contributed by atoms with Gasteiger partial charge in [-0.1, -0.05) is 115 Å². The minimum Gasteiger partial charge on any atom is -0.354 e. The number of hydrogen-bond acceptors (Lipinski definition) is 2. The Kier molecular flexibility index (Phi) is 5.97. The minimum atomic E-state index is 1.09. The van der Waals surface area contributed by atoms with Crippen molar-refractivity contribution in [3.8, 4) is 22.3 Å². The highest BCUT2D eigenvalue weighted by Gasteiger charge is 2.15. The van der Waals surface area contributed by atoms with E-state index in [1.165, 1.54) is 80.3 Å². The number of fused-ring (bicyclic) bond motifs is 7. The van der Waals surface area contributed by atoms with Gasteiger partial charge in [0, 0.05) is 21.2 Å². The fourth-order valence-electron chi connectivity index (χ4n) is 6.76. The second-order valence-electron chi connectivity index (χ2n) is 11.9. The fourth-order valence-corrected chi connectivity index (χ4v) is 8.01. The molecule has 0 radical (unpaired) electrons. The summed E-state index contributed by atoms with van der Waals surface area (Å²) in [5, 5.41) is 14.1. The van der Waals surface area contributed by atoms with Crippen LogP contribution in [0.5, 0.6) is 0 Å². The van der Waals surface area contributed by atoms with Crippen molar-refractivity contribution < 1.29 is 0 Å². The van der Waals surface area contributed by atoms with E-state index in [-0.39, 0.29) is 0 Å². The molecule has 0 aliphatic carbocycles. The van der Waals surface area contributed by atoms with Gasteiger partial charge in [0.1, 0.15) is 0 Å². The van der Waals surface area contributed by atoms with Crippen molar-refractivity contribution in [1.29, 1.82) is 0 Å². The third-order valence-electron chi connectivity index (χ3n) is 9.11. The van der Waals surface area contributed by atoms with Gasteiger partial charge in [0.25, 0.3) is 0 Å². The Balaban J connectivity index is 1.04. The predicted molar refractivity (Wildman–Crippen MR) is 197 cm³/mol. The zero-order chi connectivity index (χ0) is 29.9. The van der Waals surface area contributed by atoms with Crippen LogP contribution in [0.1, 0.15) is 5.56 Å². The van der Waals surface area contributed by atoms with Crippen LogP contribution in [0.15, 0.2) is 152 Å². The Morgan fingerprint density at radius 2 is 0.978 bits per heavy atom. The van der Waals surface area contributed by atoms with Gasteiger partial charge < -0.3 is 5.32 Å². The largest absolute Gasteiger partial charge is 0.354 e. The van der Waals surface area contributed by atoms with Gasteiger partial charge in [-0.15, -0.1) is 11.3 Å². The molecule has 9 aromatic rings. The molecule has 212 valence electrons. The van der Waals surface area contributed by atoms with Crippen LogP contribution in [0.3, 0.4) is 0 Å². The topological polar surface area (TPSA) is 12.0 Å². The summed E-state index contributed by atoms with van der Waals surface area (Å²) in [6, 6.07) is 55.3. The monoisotopic (exact) mass is 591 g/mol. The number of anilines is 2. The van der Waals surface area contributed by atoms with Gasteiger partial charge in [-0.2, -0.15) is 0 Å². The first-order valence-corrected chi connectivity index (χ1v) is 16.2. The van der Waals surface area contributed by atoms with Crippen LogP contribution in [0, 0.1) is 6.92 Å². The molecule has 2 heteroatoms. The summed E-state index contributed by atoms with van der Waals surface area (Å²) in [6.07, 6.45) is 0. The molecule has 0 fully saturated rings. The molecular weight excluding hydrogens is 563 g/mol. The molecule has 1 nitrogen and oxygen atoms in total. The van der Waals surface area contributed by atoms with Gasteiger partial charge in [0.05, 0.1) is 10.4 Å². The van der Waals surface area contributed by atoms with Gasteiger partial charge in [-0.3, -0.25) is 0 Å². The van der Waals surface area contributed by atoms with Crippen LogP contribution < -0.4 is 5.32 Å². The van der Waals surface area contributed by atoms with E-state index in [0.29, 0.717) is 0 Å². The Labute approximate surface area is 266 Å². The molecule has 45 heavy (non-hydrogen) atoms. The van der Waals surface area contributed by atoms with Crippen molar-refractivity contribution in [1.82, 2.24) is 0 Å². The van der Waals surface area contributed by atoms with Crippen LogP contribution in [-0.2, 0) is 0 Å². The lowest BCUT2D eigenvalue weighted by Gasteiger charge is -2.12. The van der Waals surface area contributed by atoms with E-state index in [9.17, 15) is 0 Å². The first-order valence-electron chi connectivity index (χ1n) is 15.4. The Bertz CT molecular complexity index is 2570. The molecule has 0 atom stereocenters. The molecule has 9 rings (SSSR count). The van der Waals surface area contributed by atoms with Crippen molar-refractivity contribution in [2.24, 2.45) is 0 Å². The van der Waals surface area contributed by atoms with Crippen LogP contribution in [0.25, 0.3) is 74.7 Å². The van der Waals surface area contributed by atoms with E-state index in [1.807, 2.05) is 11.3 Å². The summed E-state index contributed by atoms with van der Waals surface area (Å²) in [7, 11) is 0. The Morgan fingerprint density at radius 3 is 1.71 bits per heavy atom. The maximum absolute atomic E-state index is 3.77. The van der Waals surface area contributed by atoms with Crippen molar-refractivity contribution in [2.45, 2.75) is 6.92 Å². The Morgan fingerprint density at radius 1 is 0.422 bits per heavy atom. The third-order valence-corrected chi connectivity index (χ3v) is 10.5. The first kappa shape index (κ1) is 26.0. The molecule has 0 aliphatic rings. The zero-order valence-electron chi connectivity index (χ0n) is 24.8. The highest BCUT2D eigenvalue weighted by molar-refractivity contribution is 7.26. The molecule has 0 unspecified atom stereocenters. The molecule has 0 aliphatic heterocycles. The molecule has 0 saturated carbocycles. The molecular formula is C43H29NS. The fraction of sp³-hybridized carbons (Fsp3) is 0.0233. The van der Waals surface area contributed by atoms with Crippen LogP contribution >= 0.6 is 11.3 Å². The number of nitrogens with one attached hydrogen (secondary N) is 1. The number of aryl methyl sites for hydroxylation is 1. The molecule has 0 saturated heterocycles. The second-order valence-corrected chi connectivity index (χ2v) is 13.0.